The molecule has 1 N–H and O–H groups in total. The van der Waals surface area contributed by atoms with Gasteiger partial charge in [-0.05, 0) is 30.2 Å². The van der Waals surface area contributed by atoms with Crippen LogP contribution >= 0.6 is 0 Å². The van der Waals surface area contributed by atoms with Gasteiger partial charge in [0, 0.05) is 18.2 Å². The van der Waals surface area contributed by atoms with E-state index in [2.05, 4.69) is 15.1 Å². The summed E-state index contributed by atoms with van der Waals surface area (Å²) < 4.78 is 39.4. The molecule has 3 aromatic rings. The zero-order valence-electron chi connectivity index (χ0n) is 13.5. The van der Waals surface area contributed by atoms with Crippen molar-refractivity contribution < 1.29 is 13.2 Å². The molecule has 0 aliphatic rings. The van der Waals surface area contributed by atoms with Crippen LogP contribution < -0.4 is 5.56 Å². The summed E-state index contributed by atoms with van der Waals surface area (Å²) in [5, 5.41) is 4.19. The van der Waals surface area contributed by atoms with E-state index in [1.165, 1.54) is 22.9 Å². The standard InChI is InChI=1S/C17H15F3N4O/c1-10(12-3-5-14(6-4-12)17(18,19)20)13-8-21-24(9-13)15-7-16(25)23-11(2)22-15/h3-10H,1-2H3,(H,22,23,25). The molecule has 0 fully saturated rings. The maximum Gasteiger partial charge on any atom is 0.416 e. The molecule has 0 bridgehead atoms. The lowest BCUT2D eigenvalue weighted by atomic mass is 9.95. The molecule has 2 aromatic heterocycles. The second-order valence-corrected chi connectivity index (χ2v) is 5.75. The van der Waals surface area contributed by atoms with Crippen molar-refractivity contribution in [2.75, 3.05) is 0 Å². The van der Waals surface area contributed by atoms with Gasteiger partial charge in [0.2, 0.25) is 0 Å². The molecule has 25 heavy (non-hydrogen) atoms. The van der Waals surface area contributed by atoms with E-state index in [-0.39, 0.29) is 11.5 Å². The summed E-state index contributed by atoms with van der Waals surface area (Å²) in [7, 11) is 0. The number of alkyl halides is 3. The highest BCUT2D eigenvalue weighted by Gasteiger charge is 2.30. The highest BCUT2D eigenvalue weighted by molar-refractivity contribution is 5.33. The van der Waals surface area contributed by atoms with Gasteiger partial charge in [-0.1, -0.05) is 19.1 Å². The van der Waals surface area contributed by atoms with E-state index < -0.39 is 11.7 Å². The second-order valence-electron chi connectivity index (χ2n) is 5.75. The third-order valence-electron chi connectivity index (χ3n) is 3.92. The van der Waals surface area contributed by atoms with Crippen LogP contribution in [0.15, 0.2) is 47.5 Å². The van der Waals surface area contributed by atoms with E-state index in [4.69, 9.17) is 0 Å². The SMILES string of the molecule is Cc1nc(-n2cc(C(C)c3ccc(C(F)(F)F)cc3)cn2)cc(=O)[nH]1. The Morgan fingerprint density at radius 1 is 1.16 bits per heavy atom. The van der Waals surface area contributed by atoms with Crippen LogP contribution in [0.5, 0.6) is 0 Å². The first kappa shape index (κ1) is 16.9. The highest BCUT2D eigenvalue weighted by Crippen LogP contribution is 2.31. The number of nitrogens with zero attached hydrogens (tertiary/aromatic N) is 3. The predicted octanol–water partition coefficient (Wildman–Crippen LogP) is 3.43. The lowest BCUT2D eigenvalue weighted by molar-refractivity contribution is -0.137. The van der Waals surface area contributed by atoms with Gasteiger partial charge in [-0.2, -0.15) is 18.3 Å². The quantitative estimate of drug-likeness (QED) is 0.789. The van der Waals surface area contributed by atoms with Gasteiger partial charge in [0.25, 0.3) is 5.56 Å². The van der Waals surface area contributed by atoms with E-state index in [0.717, 1.165) is 23.3 Å². The molecule has 0 saturated carbocycles. The lowest BCUT2D eigenvalue weighted by Crippen LogP contribution is -2.12. The molecule has 0 saturated heterocycles. The summed E-state index contributed by atoms with van der Waals surface area (Å²) in [6.07, 6.45) is -1.03. The molecule has 1 aromatic carbocycles. The Bertz CT molecular complexity index is 942. The number of halogens is 3. The minimum absolute atomic E-state index is 0.154. The molecule has 3 rings (SSSR count). The lowest BCUT2D eigenvalue weighted by Gasteiger charge is -2.12. The summed E-state index contributed by atoms with van der Waals surface area (Å²) in [6, 6.07) is 6.38. The third-order valence-corrected chi connectivity index (χ3v) is 3.92. The van der Waals surface area contributed by atoms with E-state index in [9.17, 15) is 18.0 Å². The number of aryl methyl sites for hydroxylation is 1. The zero-order chi connectivity index (χ0) is 18.2. The van der Waals surface area contributed by atoms with Crippen LogP contribution in [-0.2, 0) is 6.18 Å². The monoisotopic (exact) mass is 348 g/mol. The Kier molecular flexibility index (Phi) is 4.20. The number of H-pyrrole nitrogens is 1. The van der Waals surface area contributed by atoms with Gasteiger partial charge in [-0.3, -0.25) is 4.79 Å². The van der Waals surface area contributed by atoms with Crippen LogP contribution in [0.1, 0.15) is 35.4 Å². The summed E-state index contributed by atoms with van der Waals surface area (Å²) in [5.41, 5.74) is 0.583. The van der Waals surface area contributed by atoms with Crippen molar-refractivity contribution in [3.8, 4) is 5.82 Å². The molecule has 1 atom stereocenters. The van der Waals surface area contributed by atoms with Gasteiger partial charge < -0.3 is 4.98 Å². The summed E-state index contributed by atoms with van der Waals surface area (Å²) in [4.78, 5) is 18.3. The number of benzene rings is 1. The molecule has 0 spiro atoms. The fraction of sp³-hybridized carbons (Fsp3) is 0.235. The summed E-state index contributed by atoms with van der Waals surface area (Å²) in [5.74, 6) is 0.696. The zero-order valence-corrected chi connectivity index (χ0v) is 13.5. The fourth-order valence-electron chi connectivity index (χ4n) is 2.52. The Morgan fingerprint density at radius 3 is 2.44 bits per heavy atom. The highest BCUT2D eigenvalue weighted by atomic mass is 19.4. The molecule has 2 heterocycles. The first-order valence-electron chi connectivity index (χ1n) is 7.54. The van der Waals surface area contributed by atoms with E-state index in [0.29, 0.717) is 11.6 Å². The van der Waals surface area contributed by atoms with Crippen molar-refractivity contribution in [2.24, 2.45) is 0 Å². The molecule has 0 radical (unpaired) electrons. The van der Waals surface area contributed by atoms with Gasteiger partial charge in [0.1, 0.15) is 5.82 Å². The second kappa shape index (κ2) is 6.19. The molecule has 1 unspecified atom stereocenters. The smallest absolute Gasteiger partial charge is 0.311 e. The van der Waals surface area contributed by atoms with Gasteiger partial charge in [0.15, 0.2) is 5.82 Å². The number of aromatic nitrogens is 4. The van der Waals surface area contributed by atoms with E-state index in [1.54, 1.807) is 19.3 Å². The topological polar surface area (TPSA) is 63.6 Å². The molecule has 130 valence electrons. The van der Waals surface area contributed by atoms with Crippen LogP contribution in [-0.4, -0.2) is 19.7 Å². The van der Waals surface area contributed by atoms with Crippen molar-refractivity contribution in [3.05, 3.63) is 75.6 Å². The van der Waals surface area contributed by atoms with Gasteiger partial charge in [-0.25, -0.2) is 9.67 Å². The Hall–Kier alpha value is -2.90. The summed E-state index contributed by atoms with van der Waals surface area (Å²) in [6.45, 7) is 3.54. The van der Waals surface area contributed by atoms with Gasteiger partial charge in [0.05, 0.1) is 11.8 Å². The van der Waals surface area contributed by atoms with Crippen molar-refractivity contribution in [3.63, 3.8) is 0 Å². The number of hydrogen-bond acceptors (Lipinski definition) is 3. The molecular weight excluding hydrogens is 333 g/mol. The number of nitrogens with one attached hydrogen (secondary N) is 1. The van der Waals surface area contributed by atoms with Crippen molar-refractivity contribution in [1.82, 2.24) is 19.7 Å². The first-order valence-corrected chi connectivity index (χ1v) is 7.54. The molecule has 0 amide bonds. The maximum atomic E-state index is 12.7. The number of rotatable bonds is 3. The molecule has 8 heteroatoms. The van der Waals surface area contributed by atoms with Crippen molar-refractivity contribution in [2.45, 2.75) is 25.9 Å². The average molecular weight is 348 g/mol. The van der Waals surface area contributed by atoms with E-state index in [1.807, 2.05) is 6.92 Å². The van der Waals surface area contributed by atoms with Crippen LogP contribution in [0.3, 0.4) is 0 Å². The molecule has 5 nitrogen and oxygen atoms in total. The normalized spacial score (nSPS) is 13.0. The Balaban J connectivity index is 1.87. The Morgan fingerprint density at radius 2 is 1.84 bits per heavy atom. The predicted molar refractivity (Wildman–Crippen MR) is 85.7 cm³/mol. The molecular formula is C17H15F3N4O. The van der Waals surface area contributed by atoms with E-state index >= 15 is 0 Å². The van der Waals surface area contributed by atoms with Crippen LogP contribution in [0, 0.1) is 6.92 Å². The third kappa shape index (κ3) is 3.62. The minimum atomic E-state index is -4.35. The maximum absolute atomic E-state index is 12.7. The molecule has 0 aliphatic carbocycles. The Labute approximate surface area is 141 Å². The van der Waals surface area contributed by atoms with Crippen LogP contribution in [0.2, 0.25) is 0 Å². The first-order chi connectivity index (χ1) is 11.7. The average Bonchev–Trinajstić information content (AvgIpc) is 3.02. The number of aromatic amines is 1. The molecule has 0 aliphatic heterocycles. The van der Waals surface area contributed by atoms with Crippen LogP contribution in [0.4, 0.5) is 13.2 Å². The van der Waals surface area contributed by atoms with Crippen molar-refractivity contribution >= 4 is 0 Å². The fourth-order valence-corrected chi connectivity index (χ4v) is 2.52. The minimum Gasteiger partial charge on any atom is -0.311 e. The van der Waals surface area contributed by atoms with Gasteiger partial charge >= 0.3 is 6.18 Å². The van der Waals surface area contributed by atoms with Crippen molar-refractivity contribution in [1.29, 1.82) is 0 Å². The van der Waals surface area contributed by atoms with Crippen LogP contribution in [0.25, 0.3) is 5.82 Å². The number of hydrogen-bond donors (Lipinski definition) is 1. The van der Waals surface area contributed by atoms with Gasteiger partial charge in [-0.15, -0.1) is 0 Å². The summed E-state index contributed by atoms with van der Waals surface area (Å²) >= 11 is 0. The largest absolute Gasteiger partial charge is 0.416 e.